The first-order valence-electron chi connectivity index (χ1n) is 13.0. The van der Waals surface area contributed by atoms with E-state index in [1.165, 1.54) is 17.7 Å². The van der Waals surface area contributed by atoms with Gasteiger partial charge in [-0.1, -0.05) is 23.2 Å². The molecule has 1 aromatic carbocycles. The van der Waals surface area contributed by atoms with Crippen LogP contribution in [0.1, 0.15) is 23.0 Å². The van der Waals surface area contributed by atoms with Gasteiger partial charge in [0.25, 0.3) is 0 Å². The van der Waals surface area contributed by atoms with Crippen molar-refractivity contribution in [2.75, 3.05) is 38.0 Å². The molecule has 3 N–H and O–H groups in total. The third-order valence-corrected chi connectivity index (χ3v) is 8.15. The molecule has 0 bridgehead atoms. The van der Waals surface area contributed by atoms with E-state index in [4.69, 9.17) is 23.2 Å². The molecule has 0 spiro atoms. The van der Waals surface area contributed by atoms with Crippen LogP contribution in [0, 0.1) is 5.92 Å². The first-order chi connectivity index (χ1) is 18.7. The van der Waals surface area contributed by atoms with Gasteiger partial charge in [0.2, 0.25) is 6.33 Å². The zero-order chi connectivity index (χ0) is 27.1. The van der Waals surface area contributed by atoms with E-state index < -0.39 is 16.9 Å². The maximum absolute atomic E-state index is 13.2. The number of fused-ring (bicyclic) bond motifs is 3. The minimum atomic E-state index is -4.61. The van der Waals surface area contributed by atoms with Crippen LogP contribution in [0.2, 0.25) is 10.0 Å². The summed E-state index contributed by atoms with van der Waals surface area (Å²) in [5.41, 5.74) is 2.41. The van der Waals surface area contributed by atoms with E-state index in [1.807, 2.05) is 18.2 Å². The number of alkyl halides is 3. The quantitative estimate of drug-likeness (QED) is 0.260. The Hall–Kier alpha value is -2.79. The van der Waals surface area contributed by atoms with Crippen molar-refractivity contribution in [1.82, 2.24) is 24.8 Å². The number of aromatic amines is 1. The van der Waals surface area contributed by atoms with E-state index in [0.29, 0.717) is 24.0 Å². The normalized spacial score (nSPS) is 18.3. The molecule has 0 radical (unpaired) electrons. The SMILES string of the molecule is FC(F)(F)c1nc(NCCN2CCc3c([nH]c4ccc(Cl)cc34)C2Cn2cc[n+](CC3CNC3)c2)ccc1Cl. The van der Waals surface area contributed by atoms with E-state index in [2.05, 4.69) is 53.4 Å². The molecule has 1 unspecified atom stereocenters. The predicted molar refractivity (Wildman–Crippen MR) is 145 cm³/mol. The van der Waals surface area contributed by atoms with Crippen molar-refractivity contribution < 1.29 is 17.7 Å². The number of imidazole rings is 1. The van der Waals surface area contributed by atoms with Gasteiger partial charge in [-0.25, -0.2) is 14.1 Å². The highest BCUT2D eigenvalue weighted by molar-refractivity contribution is 6.31. The highest BCUT2D eigenvalue weighted by Crippen LogP contribution is 2.37. The number of rotatable bonds is 8. The highest BCUT2D eigenvalue weighted by Gasteiger charge is 2.36. The fourth-order valence-corrected chi connectivity index (χ4v) is 5.94. The molecule has 7 nitrogen and oxygen atoms in total. The van der Waals surface area contributed by atoms with Crippen LogP contribution >= 0.6 is 23.2 Å². The second-order valence-corrected chi connectivity index (χ2v) is 11.1. The highest BCUT2D eigenvalue weighted by atomic mass is 35.5. The van der Waals surface area contributed by atoms with Crippen molar-refractivity contribution >= 4 is 39.9 Å². The number of hydrogen-bond donors (Lipinski definition) is 3. The second-order valence-electron chi connectivity index (χ2n) is 10.3. The van der Waals surface area contributed by atoms with Crippen LogP contribution in [-0.4, -0.2) is 52.2 Å². The van der Waals surface area contributed by atoms with Crippen LogP contribution in [-0.2, 0) is 25.7 Å². The number of hydrogen-bond acceptors (Lipinski definition) is 4. The Morgan fingerprint density at radius 3 is 2.77 bits per heavy atom. The summed E-state index contributed by atoms with van der Waals surface area (Å²) in [6, 6.07) is 8.67. The molecule has 12 heteroatoms. The summed E-state index contributed by atoms with van der Waals surface area (Å²) >= 11 is 12.0. The maximum atomic E-state index is 13.2. The van der Waals surface area contributed by atoms with E-state index in [0.717, 1.165) is 55.7 Å². The van der Waals surface area contributed by atoms with E-state index in [-0.39, 0.29) is 11.9 Å². The van der Waals surface area contributed by atoms with E-state index >= 15 is 0 Å². The lowest BCUT2D eigenvalue weighted by Gasteiger charge is -2.35. The number of nitrogens with zero attached hydrogens (tertiary/aromatic N) is 4. The molecule has 3 aromatic heterocycles. The fraction of sp³-hybridized carbons (Fsp3) is 0.407. The smallest absolute Gasteiger partial charge is 0.369 e. The zero-order valence-corrected chi connectivity index (χ0v) is 22.6. The Labute approximate surface area is 233 Å². The van der Waals surface area contributed by atoms with Gasteiger partial charge in [-0.3, -0.25) is 4.90 Å². The van der Waals surface area contributed by atoms with Gasteiger partial charge < -0.3 is 15.6 Å². The Morgan fingerprint density at radius 1 is 1.15 bits per heavy atom. The zero-order valence-electron chi connectivity index (χ0n) is 21.1. The number of pyridine rings is 1. The van der Waals surface area contributed by atoms with Gasteiger partial charge in [0.05, 0.1) is 17.6 Å². The summed E-state index contributed by atoms with van der Waals surface area (Å²) in [5.74, 6) is 0.811. The van der Waals surface area contributed by atoms with Crippen LogP contribution in [0.25, 0.3) is 10.9 Å². The van der Waals surface area contributed by atoms with Crippen molar-refractivity contribution in [3.63, 3.8) is 0 Å². The third-order valence-electron chi connectivity index (χ3n) is 7.61. The summed E-state index contributed by atoms with van der Waals surface area (Å²) in [7, 11) is 0. The van der Waals surface area contributed by atoms with Crippen molar-refractivity contribution in [3.8, 4) is 0 Å². The van der Waals surface area contributed by atoms with Crippen molar-refractivity contribution in [1.29, 1.82) is 0 Å². The number of anilines is 1. The number of nitrogens with one attached hydrogen (secondary N) is 3. The lowest BCUT2D eigenvalue weighted by Crippen LogP contribution is -2.50. The number of H-pyrrole nitrogens is 1. The molecule has 4 aromatic rings. The van der Waals surface area contributed by atoms with Crippen LogP contribution in [0.3, 0.4) is 0 Å². The minimum Gasteiger partial charge on any atom is -0.369 e. The fourth-order valence-electron chi connectivity index (χ4n) is 5.56. The van der Waals surface area contributed by atoms with Crippen LogP contribution in [0.4, 0.5) is 19.0 Å². The van der Waals surface area contributed by atoms with Gasteiger partial charge in [0, 0.05) is 60.3 Å². The van der Waals surface area contributed by atoms with Gasteiger partial charge in [-0.05, 0) is 42.3 Å². The van der Waals surface area contributed by atoms with E-state index in [1.54, 1.807) is 0 Å². The molecule has 2 aliphatic rings. The molecule has 1 atom stereocenters. The molecule has 1 saturated heterocycles. The van der Waals surface area contributed by atoms with Crippen molar-refractivity contribution in [3.05, 3.63) is 76.0 Å². The topological polar surface area (TPSA) is 64.8 Å². The second kappa shape index (κ2) is 10.6. The molecule has 0 saturated carbocycles. The average Bonchev–Trinajstić information content (AvgIpc) is 3.47. The lowest BCUT2D eigenvalue weighted by molar-refractivity contribution is -0.703. The first kappa shape index (κ1) is 26.4. The summed E-state index contributed by atoms with van der Waals surface area (Å²) in [6.07, 6.45) is 2.61. The monoisotopic (exact) mass is 578 g/mol. The summed E-state index contributed by atoms with van der Waals surface area (Å²) in [4.78, 5) is 9.71. The Morgan fingerprint density at radius 2 is 2.00 bits per heavy atom. The largest absolute Gasteiger partial charge is 0.434 e. The molecule has 2 aliphatic heterocycles. The van der Waals surface area contributed by atoms with Crippen LogP contribution < -0.4 is 15.2 Å². The Bertz CT molecular complexity index is 1480. The first-order valence-corrected chi connectivity index (χ1v) is 13.8. The molecule has 5 heterocycles. The molecule has 206 valence electrons. The molecular formula is C27H29Cl2F3N7+. The molecule has 6 rings (SSSR count). The van der Waals surface area contributed by atoms with Crippen LogP contribution in [0.5, 0.6) is 0 Å². The standard InChI is InChI=1S/C27H29Cl2F3N7/c28-18-1-3-22-20(11-18)19-5-7-39(8-6-34-24-4-2-21(29)26(36-24)27(30,31)32)23(25(19)35-22)15-38-10-9-37(16-38)14-17-12-33-13-17/h1-4,9-11,16-17,23,33,35H,5-8,12-15H2,(H,34,36)/q+1. The third kappa shape index (κ3) is 5.61. The summed E-state index contributed by atoms with van der Waals surface area (Å²) < 4.78 is 44.2. The van der Waals surface area contributed by atoms with Crippen molar-refractivity contribution in [2.24, 2.45) is 5.92 Å². The number of halogens is 5. The predicted octanol–water partition coefficient (Wildman–Crippen LogP) is 4.91. The molecule has 0 aliphatic carbocycles. The molecule has 39 heavy (non-hydrogen) atoms. The van der Waals surface area contributed by atoms with Gasteiger partial charge in [0.15, 0.2) is 5.69 Å². The molecular weight excluding hydrogens is 550 g/mol. The minimum absolute atomic E-state index is 0.0526. The molecule has 0 amide bonds. The number of benzene rings is 1. The average molecular weight is 579 g/mol. The molecule has 1 fully saturated rings. The van der Waals surface area contributed by atoms with Gasteiger partial charge in [-0.15, -0.1) is 0 Å². The lowest BCUT2D eigenvalue weighted by atomic mass is 9.97. The summed E-state index contributed by atoms with van der Waals surface area (Å²) in [6.45, 7) is 5.70. The number of aromatic nitrogens is 4. The van der Waals surface area contributed by atoms with Crippen molar-refractivity contribution in [2.45, 2.75) is 31.7 Å². The van der Waals surface area contributed by atoms with Crippen LogP contribution in [0.15, 0.2) is 49.1 Å². The van der Waals surface area contributed by atoms with E-state index in [9.17, 15) is 13.2 Å². The Balaban J connectivity index is 1.22. The van der Waals surface area contributed by atoms with Gasteiger partial charge in [-0.2, -0.15) is 13.2 Å². The van der Waals surface area contributed by atoms with Gasteiger partial charge >= 0.3 is 6.18 Å². The maximum Gasteiger partial charge on any atom is 0.434 e. The Kier molecular flexibility index (Phi) is 7.22. The summed E-state index contributed by atoms with van der Waals surface area (Å²) in [5, 5.41) is 7.82. The van der Waals surface area contributed by atoms with Gasteiger partial charge in [0.1, 0.15) is 24.8 Å².